The Labute approximate surface area is 139 Å². The van der Waals surface area contributed by atoms with E-state index in [4.69, 9.17) is 0 Å². The molecule has 2 aliphatic rings. The zero-order valence-corrected chi connectivity index (χ0v) is 13.9. The Bertz CT molecular complexity index is 760. The summed E-state index contributed by atoms with van der Waals surface area (Å²) in [5.41, 5.74) is 4.83. The van der Waals surface area contributed by atoms with E-state index in [0.29, 0.717) is 5.56 Å². The van der Waals surface area contributed by atoms with Crippen molar-refractivity contribution in [2.75, 3.05) is 13.6 Å². The Morgan fingerprint density at radius 3 is 2.64 bits per heavy atom. The van der Waals surface area contributed by atoms with E-state index >= 15 is 0 Å². The number of hydrogen-bond donors (Lipinski definition) is 3. The first-order chi connectivity index (χ1) is 10.1. The molecule has 0 fully saturated rings. The molecule has 4 nitrogen and oxygen atoms in total. The molecule has 22 heavy (non-hydrogen) atoms. The first-order valence-electron chi connectivity index (χ1n) is 7.16. The number of nitrogens with zero attached hydrogens (tertiary/aromatic N) is 1. The van der Waals surface area contributed by atoms with Gasteiger partial charge in [0.05, 0.1) is 0 Å². The van der Waals surface area contributed by atoms with E-state index in [-0.39, 0.29) is 40.3 Å². The van der Waals surface area contributed by atoms with Crippen molar-refractivity contribution in [3.05, 3.63) is 41.0 Å². The van der Waals surface area contributed by atoms with Gasteiger partial charge in [-0.15, -0.1) is 17.0 Å². The lowest BCUT2D eigenvalue weighted by molar-refractivity contribution is 0.227. The standard InChI is InChI=1S/C17H17NO3.BrH/c1-18-5-4-10-6-11(19)8-12-15(10)13(18)7-9-2-3-14(20)17(21)16(9)12;/h2-3,6,8,13,19-21H,4-5,7H2,1H3;1H. The first kappa shape index (κ1) is 15.2. The molecule has 0 saturated heterocycles. The summed E-state index contributed by atoms with van der Waals surface area (Å²) in [5, 5.41) is 30.1. The Morgan fingerprint density at radius 1 is 1.09 bits per heavy atom. The van der Waals surface area contributed by atoms with Crippen molar-refractivity contribution in [1.29, 1.82) is 0 Å². The molecule has 1 unspecified atom stereocenters. The van der Waals surface area contributed by atoms with Crippen molar-refractivity contribution in [3.63, 3.8) is 0 Å². The maximum absolute atomic E-state index is 10.3. The highest BCUT2D eigenvalue weighted by Gasteiger charge is 2.34. The van der Waals surface area contributed by atoms with Gasteiger partial charge in [0.25, 0.3) is 0 Å². The summed E-state index contributed by atoms with van der Waals surface area (Å²) >= 11 is 0. The molecule has 3 N–H and O–H groups in total. The van der Waals surface area contributed by atoms with E-state index in [2.05, 4.69) is 11.9 Å². The van der Waals surface area contributed by atoms with Crippen molar-refractivity contribution < 1.29 is 15.3 Å². The number of rotatable bonds is 0. The highest BCUT2D eigenvalue weighted by molar-refractivity contribution is 8.93. The van der Waals surface area contributed by atoms with Crippen LogP contribution in [-0.2, 0) is 12.8 Å². The number of halogens is 1. The van der Waals surface area contributed by atoms with Crippen LogP contribution in [0.3, 0.4) is 0 Å². The second kappa shape index (κ2) is 5.18. The normalized spacial score (nSPS) is 19.0. The number of hydrogen-bond acceptors (Lipinski definition) is 4. The van der Waals surface area contributed by atoms with Crippen LogP contribution < -0.4 is 0 Å². The lowest BCUT2D eigenvalue weighted by Gasteiger charge is -2.40. The molecule has 0 aromatic heterocycles. The highest BCUT2D eigenvalue weighted by atomic mass is 79.9. The minimum Gasteiger partial charge on any atom is -0.508 e. The van der Waals surface area contributed by atoms with Crippen molar-refractivity contribution in [2.45, 2.75) is 18.9 Å². The SMILES string of the molecule is Br.CN1CCc2cc(O)cc3c2C1Cc1ccc(O)c(O)c1-3. The maximum Gasteiger partial charge on any atom is 0.165 e. The summed E-state index contributed by atoms with van der Waals surface area (Å²) in [6.45, 7) is 0.958. The van der Waals surface area contributed by atoms with Crippen LogP contribution in [0.15, 0.2) is 24.3 Å². The zero-order valence-electron chi connectivity index (χ0n) is 12.2. The number of phenolic OH excluding ortho intramolecular Hbond substituents is 3. The summed E-state index contributed by atoms with van der Waals surface area (Å²) in [4.78, 5) is 2.32. The van der Waals surface area contributed by atoms with E-state index < -0.39 is 0 Å². The van der Waals surface area contributed by atoms with Crippen LogP contribution in [0.5, 0.6) is 17.2 Å². The smallest absolute Gasteiger partial charge is 0.165 e. The van der Waals surface area contributed by atoms with Crippen molar-refractivity contribution in [2.24, 2.45) is 0 Å². The summed E-state index contributed by atoms with van der Waals surface area (Å²) in [6, 6.07) is 7.18. The minimum atomic E-state index is -0.117. The van der Waals surface area contributed by atoms with E-state index in [1.54, 1.807) is 6.07 Å². The van der Waals surface area contributed by atoms with Gasteiger partial charge >= 0.3 is 0 Å². The zero-order chi connectivity index (χ0) is 14.7. The molecule has 116 valence electrons. The molecule has 0 amide bonds. The van der Waals surface area contributed by atoms with Crippen LogP contribution >= 0.6 is 17.0 Å². The topological polar surface area (TPSA) is 63.9 Å². The van der Waals surface area contributed by atoms with Gasteiger partial charge in [-0.25, -0.2) is 0 Å². The molecule has 0 spiro atoms. The van der Waals surface area contributed by atoms with Crippen LogP contribution in [0.2, 0.25) is 0 Å². The second-order valence-electron chi connectivity index (χ2n) is 5.98. The minimum absolute atomic E-state index is 0. The monoisotopic (exact) mass is 363 g/mol. The molecule has 1 aliphatic carbocycles. The molecule has 0 saturated carbocycles. The van der Waals surface area contributed by atoms with Crippen molar-refractivity contribution >= 4 is 17.0 Å². The molecule has 2 aromatic rings. The fourth-order valence-electron chi connectivity index (χ4n) is 3.74. The van der Waals surface area contributed by atoms with Crippen LogP contribution in [-0.4, -0.2) is 33.8 Å². The third kappa shape index (κ3) is 2.00. The fraction of sp³-hybridized carbons (Fsp3) is 0.294. The molecule has 0 radical (unpaired) electrons. The summed E-state index contributed by atoms with van der Waals surface area (Å²) in [7, 11) is 2.11. The average Bonchev–Trinajstić information content (AvgIpc) is 2.46. The number of benzene rings is 2. The third-order valence-corrected chi connectivity index (χ3v) is 4.78. The van der Waals surface area contributed by atoms with Gasteiger partial charge in [0, 0.05) is 18.2 Å². The predicted octanol–water partition coefficient (Wildman–Crippen LogP) is 3.13. The molecule has 0 bridgehead atoms. The van der Waals surface area contributed by atoms with E-state index in [1.165, 1.54) is 11.6 Å². The highest BCUT2D eigenvalue weighted by Crippen LogP contribution is 2.50. The number of aromatic hydroxyl groups is 3. The Kier molecular flexibility index (Phi) is 3.57. The first-order valence-corrected chi connectivity index (χ1v) is 7.16. The number of likely N-dealkylation sites (N-methyl/N-ethyl adjacent to an activating group) is 1. The lowest BCUT2D eigenvalue weighted by atomic mass is 9.77. The molecule has 5 heteroatoms. The van der Waals surface area contributed by atoms with Gasteiger partial charge in [0.15, 0.2) is 11.5 Å². The van der Waals surface area contributed by atoms with E-state index in [9.17, 15) is 15.3 Å². The average molecular weight is 364 g/mol. The van der Waals surface area contributed by atoms with Gasteiger partial charge in [0.1, 0.15) is 5.75 Å². The lowest BCUT2D eigenvalue weighted by Crippen LogP contribution is -2.35. The Balaban J connectivity index is 0.00000144. The molecule has 1 heterocycles. The fourth-order valence-corrected chi connectivity index (χ4v) is 3.74. The summed E-state index contributed by atoms with van der Waals surface area (Å²) < 4.78 is 0. The largest absolute Gasteiger partial charge is 0.508 e. The molecule has 4 rings (SSSR count). The third-order valence-electron chi connectivity index (χ3n) is 4.78. The van der Waals surface area contributed by atoms with Crippen LogP contribution in [0.25, 0.3) is 11.1 Å². The van der Waals surface area contributed by atoms with E-state index in [0.717, 1.165) is 36.1 Å². The van der Waals surface area contributed by atoms with Gasteiger partial charge < -0.3 is 15.3 Å². The molecule has 1 atom stereocenters. The summed E-state index contributed by atoms with van der Waals surface area (Å²) in [5.74, 6) is 0.00285. The van der Waals surface area contributed by atoms with Crippen LogP contribution in [0.1, 0.15) is 22.7 Å². The van der Waals surface area contributed by atoms with Crippen LogP contribution in [0, 0.1) is 0 Å². The van der Waals surface area contributed by atoms with Crippen molar-refractivity contribution in [3.8, 4) is 28.4 Å². The van der Waals surface area contributed by atoms with E-state index in [1.807, 2.05) is 12.1 Å². The van der Waals surface area contributed by atoms with Gasteiger partial charge in [-0.05, 0) is 60.3 Å². The molecular weight excluding hydrogens is 346 g/mol. The van der Waals surface area contributed by atoms with Crippen molar-refractivity contribution in [1.82, 2.24) is 4.90 Å². The molecule has 2 aromatic carbocycles. The van der Waals surface area contributed by atoms with Gasteiger partial charge in [0.2, 0.25) is 0 Å². The summed E-state index contributed by atoms with van der Waals surface area (Å²) in [6.07, 6.45) is 1.70. The van der Waals surface area contributed by atoms with Gasteiger partial charge in [-0.2, -0.15) is 0 Å². The Morgan fingerprint density at radius 2 is 1.86 bits per heavy atom. The quantitative estimate of drug-likeness (QED) is 0.629. The number of phenols is 3. The van der Waals surface area contributed by atoms with Gasteiger partial charge in [-0.1, -0.05) is 6.07 Å². The maximum atomic E-state index is 10.3. The number of fused-ring (bicyclic) bond motifs is 2. The molecular formula is C17H18BrNO3. The predicted molar refractivity (Wildman–Crippen MR) is 90.0 cm³/mol. The van der Waals surface area contributed by atoms with Crippen LogP contribution in [0.4, 0.5) is 0 Å². The second-order valence-corrected chi connectivity index (χ2v) is 5.98. The Hall–Kier alpha value is -1.72. The van der Waals surface area contributed by atoms with Gasteiger partial charge in [-0.3, -0.25) is 4.90 Å². The molecule has 1 aliphatic heterocycles.